The summed E-state index contributed by atoms with van der Waals surface area (Å²) >= 11 is 0. The van der Waals surface area contributed by atoms with Crippen LogP contribution in [0.4, 0.5) is 34.1 Å². The minimum atomic E-state index is -0.0800. The van der Waals surface area contributed by atoms with Gasteiger partial charge < -0.3 is 14.2 Å². The maximum atomic E-state index is 7.64. The number of fused-ring (bicyclic) bond motifs is 7. The van der Waals surface area contributed by atoms with Crippen molar-refractivity contribution in [1.29, 1.82) is 0 Å². The van der Waals surface area contributed by atoms with Crippen LogP contribution < -0.4 is 26.4 Å². The lowest BCUT2D eigenvalue weighted by Gasteiger charge is -2.46. The van der Waals surface area contributed by atoms with Crippen molar-refractivity contribution in [2.24, 2.45) is 0 Å². The van der Waals surface area contributed by atoms with E-state index < -0.39 is 0 Å². The Hall–Kier alpha value is -4.18. The zero-order valence-corrected chi connectivity index (χ0v) is 38.6. The molecule has 0 bridgehead atoms. The van der Waals surface area contributed by atoms with Gasteiger partial charge in [0, 0.05) is 39.4 Å². The molecule has 0 fully saturated rings. The highest BCUT2D eigenvalue weighted by Gasteiger charge is 2.53. The average molecular weight is 771 g/mol. The van der Waals surface area contributed by atoms with E-state index in [0.717, 1.165) is 18.5 Å². The van der Waals surface area contributed by atoms with Crippen LogP contribution in [0, 0.1) is 13.8 Å². The monoisotopic (exact) mass is 771 g/mol. The highest BCUT2D eigenvalue weighted by atomic mass is 16.3. The van der Waals surface area contributed by atoms with Gasteiger partial charge in [-0.15, -0.1) is 0 Å². The van der Waals surface area contributed by atoms with E-state index in [1.54, 1.807) is 0 Å². The molecule has 0 radical (unpaired) electrons. The maximum absolute atomic E-state index is 7.64. The van der Waals surface area contributed by atoms with Crippen LogP contribution in [-0.2, 0) is 32.5 Å². The van der Waals surface area contributed by atoms with E-state index >= 15 is 0 Å². The Morgan fingerprint density at radius 1 is 0.552 bits per heavy atom. The Labute approximate surface area is 350 Å². The molecule has 5 aromatic rings. The summed E-state index contributed by atoms with van der Waals surface area (Å²) in [6.07, 6.45) is 4.61. The minimum Gasteiger partial charge on any atom is -0.472 e. The van der Waals surface area contributed by atoms with Gasteiger partial charge in [0.05, 0.1) is 11.3 Å². The van der Waals surface area contributed by atoms with E-state index in [2.05, 4.69) is 187 Å². The first-order valence-electron chi connectivity index (χ1n) is 22.1. The van der Waals surface area contributed by atoms with Gasteiger partial charge >= 0.3 is 0 Å². The van der Waals surface area contributed by atoms with Crippen LogP contribution in [0.1, 0.15) is 167 Å². The second-order valence-corrected chi connectivity index (χ2v) is 23.4. The summed E-state index contributed by atoms with van der Waals surface area (Å²) < 4.78 is 7.64. The number of aryl methyl sites for hydroxylation is 2. The van der Waals surface area contributed by atoms with Crippen LogP contribution in [0.2, 0.25) is 0 Å². The molecule has 4 aliphatic rings. The summed E-state index contributed by atoms with van der Waals surface area (Å²) in [5, 5.41) is 0. The molecule has 2 aliphatic heterocycles. The number of rotatable bonds is 2. The number of furan rings is 1. The largest absolute Gasteiger partial charge is 0.472 e. The van der Waals surface area contributed by atoms with Crippen LogP contribution in [0.3, 0.4) is 0 Å². The molecular weight excluding hydrogens is 703 g/mol. The quantitative estimate of drug-likeness (QED) is 0.163. The zero-order valence-electron chi connectivity index (χ0n) is 38.6. The fourth-order valence-corrected chi connectivity index (χ4v) is 11.0. The van der Waals surface area contributed by atoms with Crippen LogP contribution in [-0.4, -0.2) is 6.71 Å². The second kappa shape index (κ2) is 12.2. The molecule has 3 heterocycles. The van der Waals surface area contributed by atoms with Gasteiger partial charge in [0.25, 0.3) is 6.71 Å². The molecule has 0 unspecified atom stereocenters. The van der Waals surface area contributed by atoms with Crippen molar-refractivity contribution in [2.45, 2.75) is 169 Å². The van der Waals surface area contributed by atoms with Crippen LogP contribution >= 0.6 is 0 Å². The molecule has 0 atom stereocenters. The minimum absolute atomic E-state index is 0.0137. The Morgan fingerprint density at radius 2 is 1.10 bits per heavy atom. The molecule has 2 aliphatic carbocycles. The third-order valence-corrected chi connectivity index (χ3v) is 15.0. The number of anilines is 6. The van der Waals surface area contributed by atoms with Crippen molar-refractivity contribution in [2.75, 3.05) is 9.80 Å². The van der Waals surface area contributed by atoms with Gasteiger partial charge in [0.1, 0.15) is 5.76 Å². The maximum Gasteiger partial charge on any atom is 0.297 e. The van der Waals surface area contributed by atoms with Crippen LogP contribution in [0.15, 0.2) is 71.1 Å². The predicted octanol–water partition coefficient (Wildman–Crippen LogP) is 13.3. The summed E-state index contributed by atoms with van der Waals surface area (Å²) in [7, 11) is 0. The van der Waals surface area contributed by atoms with Gasteiger partial charge in [-0.25, -0.2) is 0 Å². The summed E-state index contributed by atoms with van der Waals surface area (Å²) in [5.41, 5.74) is 21.1. The lowest BCUT2D eigenvalue weighted by Crippen LogP contribution is -2.61. The molecule has 4 aromatic carbocycles. The highest BCUT2D eigenvalue weighted by Crippen LogP contribution is 2.56. The van der Waals surface area contributed by atoms with E-state index in [1.165, 1.54) is 103 Å². The lowest BCUT2D eigenvalue weighted by atomic mass is 9.35. The zero-order chi connectivity index (χ0) is 41.9. The predicted molar refractivity (Wildman–Crippen MR) is 250 cm³/mol. The van der Waals surface area contributed by atoms with Crippen molar-refractivity contribution in [3.63, 3.8) is 0 Å². The Kier molecular flexibility index (Phi) is 8.27. The van der Waals surface area contributed by atoms with E-state index in [-0.39, 0.29) is 39.2 Å². The third kappa shape index (κ3) is 5.73. The highest BCUT2D eigenvalue weighted by molar-refractivity contribution is 6.99. The normalized spacial score (nSPS) is 19.6. The molecule has 58 heavy (non-hydrogen) atoms. The van der Waals surface area contributed by atoms with Crippen LogP contribution in [0.25, 0.3) is 0 Å². The Morgan fingerprint density at radius 3 is 1.72 bits per heavy atom. The van der Waals surface area contributed by atoms with Gasteiger partial charge in [0.2, 0.25) is 0 Å². The number of benzene rings is 4. The number of nitrogens with zero attached hydrogens (tertiary/aromatic N) is 2. The molecule has 1 aromatic heterocycles. The van der Waals surface area contributed by atoms with E-state index in [0.29, 0.717) is 0 Å². The summed E-state index contributed by atoms with van der Waals surface area (Å²) in [6, 6.07) is 26.9. The van der Waals surface area contributed by atoms with E-state index in [4.69, 9.17) is 4.42 Å². The number of hydrogen-bond donors (Lipinski definition) is 0. The van der Waals surface area contributed by atoms with Gasteiger partial charge in [-0.1, -0.05) is 127 Å². The molecule has 0 N–H and O–H groups in total. The smallest absolute Gasteiger partial charge is 0.297 e. The molecule has 0 saturated heterocycles. The molecule has 0 saturated carbocycles. The lowest BCUT2D eigenvalue weighted by molar-refractivity contribution is 0.282. The molecular formula is C54H67BN2O. The summed E-state index contributed by atoms with van der Waals surface area (Å²) in [4.78, 5) is 5.25. The van der Waals surface area contributed by atoms with Crippen molar-refractivity contribution in [1.82, 2.24) is 0 Å². The third-order valence-electron chi connectivity index (χ3n) is 15.0. The fraction of sp³-hybridized carbons (Fsp3) is 0.481. The first-order valence-corrected chi connectivity index (χ1v) is 22.1. The first-order chi connectivity index (χ1) is 26.8. The van der Waals surface area contributed by atoms with Gasteiger partial charge in [0.15, 0.2) is 0 Å². The molecule has 3 nitrogen and oxygen atoms in total. The van der Waals surface area contributed by atoms with E-state index in [9.17, 15) is 0 Å². The van der Waals surface area contributed by atoms with E-state index in [1.807, 2.05) is 0 Å². The molecule has 0 spiro atoms. The Balaban J connectivity index is 1.41. The van der Waals surface area contributed by atoms with Gasteiger partial charge in [-0.2, -0.15) is 0 Å². The second-order valence-electron chi connectivity index (χ2n) is 23.4. The standard InChI is InChI=1S/C54H67BN2O/c1-32-27-42-45-43(28-32)57(40-21-17-34(29-33(40)2)49(3,4)5)41-22-18-35(50(6,7)8)30-39(41)55(45)48-46(44-47(58-48)54(15,16)26-25-53(44,13)14)56(42)36-19-20-37-38(31-36)52(11,12)24-23-51(37,9)10/h17-22,27-31H,23-26H2,1-16H3. The molecule has 0 amide bonds. The van der Waals surface area contributed by atoms with Gasteiger partial charge in [-0.05, 0) is 147 Å². The summed E-state index contributed by atoms with van der Waals surface area (Å²) in [6.45, 7) is 38.0. The molecule has 302 valence electrons. The first kappa shape index (κ1) is 39.3. The van der Waals surface area contributed by atoms with Gasteiger partial charge in [-0.3, -0.25) is 0 Å². The van der Waals surface area contributed by atoms with Crippen LogP contribution in [0.5, 0.6) is 0 Å². The average Bonchev–Trinajstić information content (AvgIpc) is 3.54. The number of hydrogen-bond acceptors (Lipinski definition) is 3. The molecule has 4 heteroatoms. The van der Waals surface area contributed by atoms with Crippen molar-refractivity contribution < 1.29 is 4.42 Å². The SMILES string of the molecule is Cc1cc2c3c(c1)N(c1ccc4c(c1)C(C)(C)CCC4(C)C)c1c(oc4c1C(C)(C)CCC4(C)C)B3c1cc(C(C)(C)C)ccc1N2c1ccc(C(C)(C)C)cc1C. The van der Waals surface area contributed by atoms with Crippen molar-refractivity contribution in [3.05, 3.63) is 111 Å². The topological polar surface area (TPSA) is 19.6 Å². The van der Waals surface area contributed by atoms with Crippen molar-refractivity contribution in [3.8, 4) is 0 Å². The van der Waals surface area contributed by atoms with Crippen molar-refractivity contribution >= 4 is 57.4 Å². The summed E-state index contributed by atoms with van der Waals surface area (Å²) in [5.74, 6) is 1.17. The fourth-order valence-electron chi connectivity index (χ4n) is 11.0. The Bertz CT molecular complexity index is 2530. The molecule has 9 rings (SSSR count).